The Kier molecular flexibility index (Phi) is 4.00. The van der Waals surface area contributed by atoms with E-state index in [-0.39, 0.29) is 12.4 Å². The van der Waals surface area contributed by atoms with Crippen molar-refractivity contribution < 1.29 is 28.9 Å². The number of aliphatic hydroxyl groups is 2. The minimum atomic E-state index is -2.82. The Morgan fingerprint density at radius 3 is 2.86 bits per heavy atom. The van der Waals surface area contributed by atoms with Gasteiger partial charge in [0.25, 0.3) is 0 Å². The second kappa shape index (κ2) is 5.80. The lowest BCUT2D eigenvalue weighted by atomic mass is 10.1. The number of ether oxygens (including phenoxy) is 1. The molecular weight excluding hydrogens is 317 g/mol. The van der Waals surface area contributed by atoms with Gasteiger partial charge in [0.2, 0.25) is 0 Å². The van der Waals surface area contributed by atoms with Crippen molar-refractivity contribution in [3.63, 3.8) is 0 Å². The number of aromatic nitrogens is 4. The first-order valence-corrected chi connectivity index (χ1v) is 7.35. The van der Waals surface area contributed by atoms with Crippen molar-refractivity contribution in [2.75, 3.05) is 12.3 Å². The molecule has 2 aromatic heterocycles. The van der Waals surface area contributed by atoms with Gasteiger partial charge in [-0.1, -0.05) is 0 Å². The fraction of sp³-hybridized carbons (Fsp3) is 0.500. The zero-order valence-electron chi connectivity index (χ0n) is 11.1. The van der Waals surface area contributed by atoms with Crippen molar-refractivity contribution in [2.24, 2.45) is 0 Å². The van der Waals surface area contributed by atoms with Crippen molar-refractivity contribution in [2.45, 2.75) is 24.5 Å². The summed E-state index contributed by atoms with van der Waals surface area (Å²) in [5, 5.41) is 20.0. The van der Waals surface area contributed by atoms with E-state index in [2.05, 4.69) is 19.5 Å². The maximum atomic E-state index is 10.5. The van der Waals surface area contributed by atoms with Gasteiger partial charge in [0.15, 0.2) is 17.7 Å². The molecule has 5 N–H and O–H groups in total. The Hall–Kier alpha value is -1.75. The van der Waals surface area contributed by atoms with Crippen LogP contribution in [0.1, 0.15) is 6.23 Å². The molecule has 3 unspecified atom stereocenters. The van der Waals surface area contributed by atoms with Gasteiger partial charge in [-0.2, -0.15) is 0 Å². The van der Waals surface area contributed by atoms with E-state index in [1.807, 2.05) is 0 Å². The number of anilines is 1. The fourth-order valence-corrected chi connectivity index (χ4v) is 2.56. The summed E-state index contributed by atoms with van der Waals surface area (Å²) < 4.78 is 22.0. The van der Waals surface area contributed by atoms with E-state index in [4.69, 9.17) is 15.4 Å². The van der Waals surface area contributed by atoms with Crippen LogP contribution in [0.3, 0.4) is 0 Å². The molecule has 1 aliphatic rings. The van der Waals surface area contributed by atoms with E-state index >= 15 is 0 Å². The van der Waals surface area contributed by atoms with Crippen LogP contribution in [0, 0.1) is 0 Å². The minimum absolute atomic E-state index is 0.175. The van der Waals surface area contributed by atoms with Crippen molar-refractivity contribution in [3.05, 3.63) is 12.7 Å². The molecule has 0 saturated carbocycles. The van der Waals surface area contributed by atoms with Gasteiger partial charge in [0.05, 0.1) is 6.33 Å². The first kappa shape index (κ1) is 15.2. The van der Waals surface area contributed by atoms with Gasteiger partial charge < -0.3 is 20.7 Å². The molecular formula is C10H13N5O6P+. The molecule has 0 amide bonds. The molecule has 0 aromatic carbocycles. The number of fused-ring (bicyclic) bond motifs is 1. The quantitative estimate of drug-likeness (QED) is 0.494. The molecule has 0 spiro atoms. The van der Waals surface area contributed by atoms with E-state index < -0.39 is 32.8 Å². The second-order valence-corrected chi connectivity index (χ2v) is 5.40. The molecule has 1 saturated heterocycles. The van der Waals surface area contributed by atoms with Crippen LogP contribution in [0.2, 0.25) is 0 Å². The van der Waals surface area contributed by atoms with Crippen molar-refractivity contribution in [1.29, 1.82) is 0 Å². The highest BCUT2D eigenvalue weighted by Crippen LogP contribution is 2.33. The molecule has 0 bridgehead atoms. The zero-order valence-corrected chi connectivity index (χ0v) is 11.9. The molecule has 5 atom stereocenters. The lowest BCUT2D eigenvalue weighted by molar-refractivity contribution is -0.0476. The largest absolute Gasteiger partial charge is 0.694 e. The van der Waals surface area contributed by atoms with Crippen LogP contribution in [0.4, 0.5) is 5.82 Å². The maximum absolute atomic E-state index is 10.5. The summed E-state index contributed by atoms with van der Waals surface area (Å²) >= 11 is 0. The van der Waals surface area contributed by atoms with Crippen molar-refractivity contribution >= 4 is 25.2 Å². The summed E-state index contributed by atoms with van der Waals surface area (Å²) in [6, 6.07) is 0. The van der Waals surface area contributed by atoms with E-state index in [0.29, 0.717) is 11.2 Å². The summed E-state index contributed by atoms with van der Waals surface area (Å²) in [4.78, 5) is 20.5. The third-order valence-electron chi connectivity index (χ3n) is 3.35. The number of imidazole rings is 1. The number of nitrogens with two attached hydrogens (primary N) is 1. The fourth-order valence-electron chi connectivity index (χ4n) is 2.29. The SMILES string of the molecule is Nc1ncnc2c1ncn2C1O[C@H](CO[P+](=O)O)[C@H](O)C1O. The van der Waals surface area contributed by atoms with Gasteiger partial charge in [-0.25, -0.2) is 15.0 Å². The smallest absolute Gasteiger partial charge is 0.387 e. The molecule has 0 radical (unpaired) electrons. The molecule has 1 fully saturated rings. The molecule has 3 rings (SSSR count). The Morgan fingerprint density at radius 2 is 2.14 bits per heavy atom. The van der Waals surface area contributed by atoms with Crippen molar-refractivity contribution in [1.82, 2.24) is 19.5 Å². The number of aliphatic hydroxyl groups excluding tert-OH is 2. The lowest BCUT2D eigenvalue weighted by Crippen LogP contribution is -2.33. The van der Waals surface area contributed by atoms with E-state index in [9.17, 15) is 14.8 Å². The summed E-state index contributed by atoms with van der Waals surface area (Å²) in [6.07, 6.45) is -1.95. The molecule has 1 aliphatic heterocycles. The summed E-state index contributed by atoms with van der Waals surface area (Å²) in [5.74, 6) is 0.175. The van der Waals surface area contributed by atoms with Crippen molar-refractivity contribution in [3.8, 4) is 0 Å². The molecule has 22 heavy (non-hydrogen) atoms. The normalized spacial score (nSPS) is 29.1. The first-order valence-electron chi connectivity index (χ1n) is 6.22. The topological polar surface area (TPSA) is 166 Å². The van der Waals surface area contributed by atoms with Crippen LogP contribution < -0.4 is 5.73 Å². The number of nitrogens with zero attached hydrogens (tertiary/aromatic N) is 4. The maximum Gasteiger partial charge on any atom is 0.694 e. The number of hydrogen-bond acceptors (Lipinski definition) is 9. The Labute approximate surface area is 124 Å². The average Bonchev–Trinajstić information content (AvgIpc) is 3.01. The second-order valence-electron chi connectivity index (χ2n) is 4.66. The number of rotatable bonds is 4. The van der Waals surface area contributed by atoms with Gasteiger partial charge in [-0.05, 0) is 0 Å². The number of nitrogen functional groups attached to an aromatic ring is 1. The Balaban J connectivity index is 1.87. The van der Waals surface area contributed by atoms with Crippen LogP contribution >= 0.6 is 8.25 Å². The van der Waals surface area contributed by atoms with E-state index in [1.54, 1.807) is 0 Å². The molecule has 118 valence electrons. The highest BCUT2D eigenvalue weighted by atomic mass is 31.1. The molecule has 12 heteroatoms. The molecule has 0 aliphatic carbocycles. The predicted octanol–water partition coefficient (Wildman–Crippen LogP) is -1.31. The summed E-state index contributed by atoms with van der Waals surface area (Å²) in [7, 11) is -2.82. The van der Waals surface area contributed by atoms with Gasteiger partial charge >= 0.3 is 8.25 Å². The minimum Gasteiger partial charge on any atom is -0.387 e. The van der Waals surface area contributed by atoms with Crippen LogP contribution in [0.15, 0.2) is 12.7 Å². The van der Waals surface area contributed by atoms with Gasteiger partial charge in [-0.3, -0.25) is 4.57 Å². The van der Waals surface area contributed by atoms with Gasteiger partial charge in [0.1, 0.15) is 36.8 Å². The van der Waals surface area contributed by atoms with E-state index in [0.717, 1.165) is 0 Å². The Morgan fingerprint density at radius 1 is 1.36 bits per heavy atom. The highest BCUT2D eigenvalue weighted by Gasteiger charge is 2.45. The monoisotopic (exact) mass is 330 g/mol. The van der Waals surface area contributed by atoms with Gasteiger partial charge in [0, 0.05) is 4.57 Å². The highest BCUT2D eigenvalue weighted by molar-refractivity contribution is 7.32. The first-order chi connectivity index (χ1) is 10.5. The number of hydrogen-bond donors (Lipinski definition) is 4. The van der Waals surface area contributed by atoms with Crippen LogP contribution in [-0.4, -0.2) is 59.5 Å². The van der Waals surface area contributed by atoms with Crippen LogP contribution in [0.25, 0.3) is 11.2 Å². The molecule has 2 aromatic rings. The zero-order chi connectivity index (χ0) is 15.9. The van der Waals surface area contributed by atoms with Crippen LogP contribution in [-0.2, 0) is 13.8 Å². The average molecular weight is 330 g/mol. The van der Waals surface area contributed by atoms with Gasteiger partial charge in [-0.15, -0.1) is 9.42 Å². The standard InChI is InChI=1S/C10H12N5O6P/c11-8-5-9(13-2-12-8)15(3-14-5)10-7(17)6(16)4(21-10)1-20-22(18)19/h2-4,6-7,10,16-17H,1H2,(H2-,11,12,13,18,19)/p+1/t4-,6+,7?,10?/m1/s1. The molecule has 3 heterocycles. The summed E-state index contributed by atoms with van der Waals surface area (Å²) in [6.45, 7) is -0.343. The summed E-state index contributed by atoms with van der Waals surface area (Å²) in [5.41, 5.74) is 6.35. The predicted molar refractivity (Wildman–Crippen MR) is 71.4 cm³/mol. The van der Waals surface area contributed by atoms with E-state index in [1.165, 1.54) is 17.2 Å². The Bertz CT molecular complexity index is 710. The van der Waals surface area contributed by atoms with Crippen LogP contribution in [0.5, 0.6) is 0 Å². The molecule has 11 nitrogen and oxygen atoms in total. The lowest BCUT2D eigenvalue weighted by Gasteiger charge is -2.16. The third kappa shape index (κ3) is 2.54. The third-order valence-corrected chi connectivity index (χ3v) is 3.72.